The van der Waals surface area contributed by atoms with Crippen molar-refractivity contribution in [2.24, 2.45) is 0 Å². The van der Waals surface area contributed by atoms with Crippen LogP contribution in [-0.4, -0.2) is 6.61 Å². The Hall–Kier alpha value is -0.950. The summed E-state index contributed by atoms with van der Waals surface area (Å²) in [5.41, 5.74) is 1.44. The molecule has 11 heavy (non-hydrogen) atoms. The molecule has 0 aromatic heterocycles. The van der Waals surface area contributed by atoms with E-state index in [-0.39, 0.29) is 0 Å². The van der Waals surface area contributed by atoms with Gasteiger partial charge in [0.2, 0.25) is 0 Å². The third kappa shape index (κ3) is 3.10. The molecule has 0 atom stereocenters. The molecule has 0 aliphatic rings. The number of halogens is 1. The van der Waals surface area contributed by atoms with Crippen molar-refractivity contribution in [2.75, 3.05) is 6.61 Å². The number of ether oxygens (including phenoxy) is 1. The molecule has 0 heterocycles. The van der Waals surface area contributed by atoms with Crippen LogP contribution in [0.2, 0.25) is 0 Å². The summed E-state index contributed by atoms with van der Waals surface area (Å²) in [6.45, 7) is 0.501. The van der Waals surface area contributed by atoms with Gasteiger partial charge >= 0.3 is 0 Å². The molecule has 0 bridgehead atoms. The quantitative estimate of drug-likeness (QED) is 0.673. The first-order valence-electron chi connectivity index (χ1n) is 3.27. The van der Waals surface area contributed by atoms with Crippen molar-refractivity contribution < 1.29 is 4.74 Å². The van der Waals surface area contributed by atoms with Gasteiger partial charge in [-0.05, 0) is 24.3 Å². The van der Waals surface area contributed by atoms with Crippen LogP contribution in [-0.2, 0) is 0 Å². The standard InChI is InChI=1S/C9H8ClO/c10-7-4-8-11-9-5-2-1-3-6-9/h1-2,4-7H,8H2/b7-4+. The molecule has 1 radical (unpaired) electrons. The molecule has 0 fully saturated rings. The van der Waals surface area contributed by atoms with E-state index >= 15 is 0 Å². The summed E-state index contributed by atoms with van der Waals surface area (Å²) in [4.78, 5) is 0. The van der Waals surface area contributed by atoms with E-state index in [1.807, 2.05) is 18.2 Å². The SMILES string of the molecule is Cl/C=C/COc1c[c]ccc1. The fraction of sp³-hybridized carbons (Fsp3) is 0.111. The van der Waals surface area contributed by atoms with Crippen LogP contribution in [0.5, 0.6) is 5.75 Å². The predicted molar refractivity (Wildman–Crippen MR) is 45.8 cm³/mol. The second kappa shape index (κ2) is 4.80. The molecule has 0 aliphatic carbocycles. The predicted octanol–water partition coefficient (Wildman–Crippen LogP) is 2.62. The van der Waals surface area contributed by atoms with Gasteiger partial charge in [-0.3, -0.25) is 0 Å². The van der Waals surface area contributed by atoms with Crippen molar-refractivity contribution in [3.8, 4) is 5.75 Å². The Morgan fingerprint density at radius 2 is 2.55 bits per heavy atom. The van der Waals surface area contributed by atoms with E-state index in [2.05, 4.69) is 6.07 Å². The number of hydrogen-bond acceptors (Lipinski definition) is 1. The van der Waals surface area contributed by atoms with Gasteiger partial charge in [0.05, 0.1) is 0 Å². The van der Waals surface area contributed by atoms with Crippen LogP contribution in [0.1, 0.15) is 0 Å². The molecule has 1 aromatic rings. The Kier molecular flexibility index (Phi) is 3.56. The molecule has 1 rings (SSSR count). The molecule has 0 amide bonds. The maximum atomic E-state index is 5.30. The van der Waals surface area contributed by atoms with Gasteiger partial charge in [-0.15, -0.1) is 0 Å². The lowest BCUT2D eigenvalue weighted by molar-refractivity contribution is 0.363. The lowest BCUT2D eigenvalue weighted by atomic mass is 10.3. The molecule has 0 unspecified atom stereocenters. The van der Waals surface area contributed by atoms with Gasteiger partial charge in [0.15, 0.2) is 0 Å². The maximum Gasteiger partial charge on any atom is 0.120 e. The van der Waals surface area contributed by atoms with E-state index in [1.54, 1.807) is 12.1 Å². The molecule has 0 N–H and O–H groups in total. The van der Waals surface area contributed by atoms with Crippen molar-refractivity contribution in [1.82, 2.24) is 0 Å². The Morgan fingerprint density at radius 3 is 3.18 bits per heavy atom. The van der Waals surface area contributed by atoms with Crippen LogP contribution in [0.15, 0.2) is 35.9 Å². The summed E-state index contributed by atoms with van der Waals surface area (Å²) in [5.74, 6) is 0.808. The summed E-state index contributed by atoms with van der Waals surface area (Å²) in [6.07, 6.45) is 1.73. The highest BCUT2D eigenvalue weighted by molar-refractivity contribution is 6.25. The highest BCUT2D eigenvalue weighted by atomic mass is 35.5. The third-order valence-corrected chi connectivity index (χ3v) is 1.29. The molecule has 0 saturated carbocycles. The Bertz CT molecular complexity index is 218. The fourth-order valence-corrected chi connectivity index (χ4v) is 0.720. The van der Waals surface area contributed by atoms with E-state index in [9.17, 15) is 0 Å². The molecule has 1 aromatic carbocycles. The average molecular weight is 168 g/mol. The lowest BCUT2D eigenvalue weighted by Gasteiger charge is -1.99. The Balaban J connectivity index is 2.39. The topological polar surface area (TPSA) is 9.23 Å². The second-order valence-corrected chi connectivity index (χ2v) is 2.16. The van der Waals surface area contributed by atoms with Crippen molar-refractivity contribution in [2.45, 2.75) is 0 Å². The summed E-state index contributed by atoms with van der Waals surface area (Å²) in [5, 5.41) is 0. The van der Waals surface area contributed by atoms with Crippen molar-refractivity contribution in [3.63, 3.8) is 0 Å². The smallest absolute Gasteiger partial charge is 0.120 e. The summed E-state index contributed by atoms with van der Waals surface area (Å²) in [6, 6.07) is 10.3. The molecule has 0 saturated heterocycles. The zero-order valence-electron chi connectivity index (χ0n) is 5.96. The Morgan fingerprint density at radius 1 is 1.64 bits per heavy atom. The fourth-order valence-electron chi connectivity index (χ4n) is 0.647. The number of hydrogen-bond donors (Lipinski definition) is 0. The summed E-state index contributed by atoms with van der Waals surface area (Å²) >= 11 is 5.30. The van der Waals surface area contributed by atoms with Gasteiger partial charge in [-0.25, -0.2) is 0 Å². The third-order valence-electron chi connectivity index (χ3n) is 1.11. The van der Waals surface area contributed by atoms with Gasteiger partial charge in [-0.1, -0.05) is 23.7 Å². The average Bonchev–Trinajstić information content (AvgIpc) is 2.07. The van der Waals surface area contributed by atoms with E-state index in [4.69, 9.17) is 16.3 Å². The minimum atomic E-state index is 0.501. The van der Waals surface area contributed by atoms with Crippen LogP contribution >= 0.6 is 11.6 Å². The summed E-state index contributed by atoms with van der Waals surface area (Å²) < 4.78 is 5.24. The molecule has 1 nitrogen and oxygen atoms in total. The number of rotatable bonds is 3. The maximum absolute atomic E-state index is 5.30. The van der Waals surface area contributed by atoms with Crippen LogP contribution in [0.4, 0.5) is 0 Å². The highest BCUT2D eigenvalue weighted by Crippen LogP contribution is 2.07. The molecule has 0 spiro atoms. The van der Waals surface area contributed by atoms with Crippen molar-refractivity contribution in [1.29, 1.82) is 0 Å². The van der Waals surface area contributed by atoms with Gasteiger partial charge in [-0.2, -0.15) is 0 Å². The normalized spacial score (nSPS) is 10.3. The van der Waals surface area contributed by atoms with Gasteiger partial charge < -0.3 is 4.74 Å². The van der Waals surface area contributed by atoms with Crippen LogP contribution < -0.4 is 4.74 Å². The monoisotopic (exact) mass is 167 g/mol. The number of benzene rings is 1. The van der Waals surface area contributed by atoms with Gasteiger partial charge in [0.1, 0.15) is 12.4 Å². The van der Waals surface area contributed by atoms with Gasteiger partial charge in [0.25, 0.3) is 0 Å². The van der Waals surface area contributed by atoms with E-state index in [0.29, 0.717) is 6.61 Å². The molecule has 2 heteroatoms. The van der Waals surface area contributed by atoms with Crippen LogP contribution in [0.3, 0.4) is 0 Å². The largest absolute Gasteiger partial charge is 0.489 e. The highest BCUT2D eigenvalue weighted by Gasteiger charge is 1.86. The Labute approximate surface area is 71.3 Å². The molecule has 0 aliphatic heterocycles. The van der Waals surface area contributed by atoms with Crippen molar-refractivity contribution in [3.05, 3.63) is 41.9 Å². The minimum Gasteiger partial charge on any atom is -0.489 e. The first-order valence-corrected chi connectivity index (χ1v) is 3.71. The zero-order chi connectivity index (χ0) is 7.94. The zero-order valence-corrected chi connectivity index (χ0v) is 6.71. The molecular formula is C9H8ClO. The minimum absolute atomic E-state index is 0.501. The van der Waals surface area contributed by atoms with Crippen LogP contribution in [0.25, 0.3) is 0 Å². The van der Waals surface area contributed by atoms with E-state index in [1.165, 1.54) is 5.54 Å². The van der Waals surface area contributed by atoms with E-state index < -0.39 is 0 Å². The van der Waals surface area contributed by atoms with Crippen LogP contribution in [0, 0.1) is 6.07 Å². The van der Waals surface area contributed by atoms with Crippen molar-refractivity contribution >= 4 is 11.6 Å². The summed E-state index contributed by atoms with van der Waals surface area (Å²) in [7, 11) is 0. The lowest BCUT2D eigenvalue weighted by Crippen LogP contribution is -1.91. The molecular weight excluding hydrogens is 160 g/mol. The second-order valence-electron chi connectivity index (χ2n) is 1.91. The first kappa shape index (κ1) is 8.15. The van der Waals surface area contributed by atoms with E-state index in [0.717, 1.165) is 5.75 Å². The first-order chi connectivity index (χ1) is 5.43. The molecule has 57 valence electrons. The van der Waals surface area contributed by atoms with Gasteiger partial charge in [0, 0.05) is 5.54 Å².